The van der Waals surface area contributed by atoms with Gasteiger partial charge >= 0.3 is 5.97 Å². The van der Waals surface area contributed by atoms with Crippen LogP contribution < -0.4 is 19.5 Å². The number of carbonyl (C=O) groups excluding carboxylic acids is 2. The fraction of sp³-hybridized carbons (Fsp3) is 0.417. The zero-order valence-electron chi connectivity index (χ0n) is 18.3. The van der Waals surface area contributed by atoms with Gasteiger partial charge in [-0.15, -0.1) is 0 Å². The number of benzene rings is 2. The SMILES string of the molecule is CCCCCC(=O)OCCOc1c(-c2ccc3c(c2)CNC3=O)ccc(OC)c1OC. The maximum atomic E-state index is 11.9. The Bertz CT molecular complexity index is 940. The Kier molecular flexibility index (Phi) is 7.76. The van der Waals surface area contributed by atoms with Crippen LogP contribution in [0.3, 0.4) is 0 Å². The maximum Gasteiger partial charge on any atom is 0.305 e. The molecule has 0 aromatic heterocycles. The van der Waals surface area contributed by atoms with Crippen molar-refractivity contribution < 1.29 is 28.5 Å². The molecular weight excluding hydrogens is 398 g/mol. The summed E-state index contributed by atoms with van der Waals surface area (Å²) in [5.74, 6) is 1.22. The molecule has 1 heterocycles. The summed E-state index contributed by atoms with van der Waals surface area (Å²) in [6.45, 7) is 2.92. The Morgan fingerprint density at radius 3 is 2.55 bits per heavy atom. The molecule has 1 aliphatic rings. The van der Waals surface area contributed by atoms with E-state index in [0.717, 1.165) is 36.0 Å². The van der Waals surface area contributed by atoms with Crippen LogP contribution in [-0.4, -0.2) is 39.3 Å². The monoisotopic (exact) mass is 427 g/mol. The number of nitrogens with one attached hydrogen (secondary N) is 1. The molecule has 1 amide bonds. The first-order valence-electron chi connectivity index (χ1n) is 10.5. The largest absolute Gasteiger partial charge is 0.493 e. The van der Waals surface area contributed by atoms with Gasteiger partial charge in [0.2, 0.25) is 5.75 Å². The Morgan fingerprint density at radius 2 is 1.81 bits per heavy atom. The number of fused-ring (bicyclic) bond motifs is 1. The number of ether oxygens (including phenoxy) is 4. The summed E-state index contributed by atoms with van der Waals surface area (Å²) in [5.41, 5.74) is 3.31. The zero-order chi connectivity index (χ0) is 22.2. The minimum atomic E-state index is -0.217. The van der Waals surface area contributed by atoms with Gasteiger partial charge in [-0.3, -0.25) is 9.59 Å². The molecule has 1 N–H and O–H groups in total. The quantitative estimate of drug-likeness (QED) is 0.429. The van der Waals surface area contributed by atoms with Crippen molar-refractivity contribution in [1.29, 1.82) is 0 Å². The lowest BCUT2D eigenvalue weighted by atomic mass is 9.99. The summed E-state index contributed by atoms with van der Waals surface area (Å²) < 4.78 is 22.3. The fourth-order valence-electron chi connectivity index (χ4n) is 3.56. The van der Waals surface area contributed by atoms with Gasteiger partial charge in [0, 0.05) is 24.1 Å². The van der Waals surface area contributed by atoms with Gasteiger partial charge in [0.25, 0.3) is 5.91 Å². The fourth-order valence-corrected chi connectivity index (χ4v) is 3.56. The number of rotatable bonds is 11. The number of hydrogen-bond acceptors (Lipinski definition) is 6. The minimum absolute atomic E-state index is 0.0638. The van der Waals surface area contributed by atoms with E-state index in [1.54, 1.807) is 14.2 Å². The highest BCUT2D eigenvalue weighted by Crippen LogP contribution is 2.44. The van der Waals surface area contributed by atoms with E-state index in [-0.39, 0.29) is 25.1 Å². The van der Waals surface area contributed by atoms with Gasteiger partial charge in [-0.2, -0.15) is 0 Å². The molecular formula is C24H29NO6. The van der Waals surface area contributed by atoms with Crippen molar-refractivity contribution in [2.75, 3.05) is 27.4 Å². The van der Waals surface area contributed by atoms with Crippen molar-refractivity contribution >= 4 is 11.9 Å². The van der Waals surface area contributed by atoms with E-state index in [9.17, 15) is 9.59 Å². The van der Waals surface area contributed by atoms with Crippen LogP contribution in [0.15, 0.2) is 30.3 Å². The molecule has 7 nitrogen and oxygen atoms in total. The number of esters is 1. The Balaban J connectivity index is 1.78. The Hall–Kier alpha value is -3.22. The lowest BCUT2D eigenvalue weighted by Gasteiger charge is -2.18. The average Bonchev–Trinajstić information content (AvgIpc) is 3.16. The summed E-state index contributed by atoms with van der Waals surface area (Å²) in [6, 6.07) is 9.36. The number of unbranched alkanes of at least 4 members (excludes halogenated alkanes) is 2. The molecule has 0 aliphatic carbocycles. The molecule has 166 valence electrons. The van der Waals surface area contributed by atoms with Crippen molar-refractivity contribution in [2.45, 2.75) is 39.2 Å². The lowest BCUT2D eigenvalue weighted by Crippen LogP contribution is -2.13. The van der Waals surface area contributed by atoms with Gasteiger partial charge in [-0.25, -0.2) is 0 Å². The molecule has 1 aliphatic heterocycles. The normalized spacial score (nSPS) is 12.2. The van der Waals surface area contributed by atoms with Crippen LogP contribution in [0.1, 0.15) is 48.5 Å². The second-order valence-corrected chi connectivity index (χ2v) is 7.26. The van der Waals surface area contributed by atoms with Crippen molar-refractivity contribution in [1.82, 2.24) is 5.32 Å². The van der Waals surface area contributed by atoms with E-state index in [0.29, 0.717) is 35.8 Å². The summed E-state index contributed by atoms with van der Waals surface area (Å²) in [6.07, 6.45) is 3.32. The van der Waals surface area contributed by atoms with Crippen LogP contribution in [0.2, 0.25) is 0 Å². The molecule has 31 heavy (non-hydrogen) atoms. The molecule has 7 heteroatoms. The van der Waals surface area contributed by atoms with E-state index in [1.807, 2.05) is 30.3 Å². The predicted octanol–water partition coefficient (Wildman–Crippen LogP) is 4.12. The van der Waals surface area contributed by atoms with E-state index >= 15 is 0 Å². The van der Waals surface area contributed by atoms with Gasteiger partial charge in [0.05, 0.1) is 14.2 Å². The molecule has 0 bridgehead atoms. The summed E-state index contributed by atoms with van der Waals surface area (Å²) in [7, 11) is 3.11. The molecule has 0 atom stereocenters. The smallest absolute Gasteiger partial charge is 0.305 e. The first-order chi connectivity index (χ1) is 15.1. The summed E-state index contributed by atoms with van der Waals surface area (Å²) >= 11 is 0. The van der Waals surface area contributed by atoms with Crippen molar-refractivity contribution in [3.63, 3.8) is 0 Å². The third-order valence-corrected chi connectivity index (χ3v) is 5.18. The van der Waals surface area contributed by atoms with Crippen LogP contribution in [-0.2, 0) is 16.1 Å². The first kappa shape index (κ1) is 22.5. The van der Waals surface area contributed by atoms with E-state index in [1.165, 1.54) is 0 Å². The lowest BCUT2D eigenvalue weighted by molar-refractivity contribution is -0.144. The minimum Gasteiger partial charge on any atom is -0.493 e. The number of hydrogen-bond donors (Lipinski definition) is 1. The summed E-state index contributed by atoms with van der Waals surface area (Å²) in [5, 5.41) is 2.83. The molecule has 0 radical (unpaired) electrons. The van der Waals surface area contributed by atoms with E-state index in [4.69, 9.17) is 18.9 Å². The third-order valence-electron chi connectivity index (χ3n) is 5.18. The van der Waals surface area contributed by atoms with Gasteiger partial charge in [0.1, 0.15) is 13.2 Å². The molecule has 2 aromatic carbocycles. The van der Waals surface area contributed by atoms with Gasteiger partial charge in [0.15, 0.2) is 11.5 Å². The molecule has 0 saturated heterocycles. The topological polar surface area (TPSA) is 83.1 Å². The molecule has 0 saturated carbocycles. The number of methoxy groups -OCH3 is 2. The standard InChI is InChI=1S/C24H29NO6/c1-4-5-6-7-21(26)30-12-13-31-22-18(10-11-20(28-2)23(22)29-3)16-8-9-19-17(14-16)15-25-24(19)27/h8-11,14H,4-7,12-13,15H2,1-3H3,(H,25,27). The van der Waals surface area contributed by atoms with Crippen LogP contribution in [0, 0.1) is 0 Å². The predicted molar refractivity (Wildman–Crippen MR) is 117 cm³/mol. The Labute approximate surface area is 182 Å². The highest BCUT2D eigenvalue weighted by molar-refractivity contribution is 5.99. The summed E-state index contributed by atoms with van der Waals surface area (Å²) in [4.78, 5) is 23.7. The zero-order valence-corrected chi connectivity index (χ0v) is 18.3. The average molecular weight is 427 g/mol. The van der Waals surface area contributed by atoms with Crippen LogP contribution in [0.4, 0.5) is 0 Å². The van der Waals surface area contributed by atoms with Crippen LogP contribution in [0.5, 0.6) is 17.2 Å². The molecule has 0 spiro atoms. The highest BCUT2D eigenvalue weighted by Gasteiger charge is 2.22. The van der Waals surface area contributed by atoms with Gasteiger partial charge in [-0.05, 0) is 41.8 Å². The second kappa shape index (κ2) is 10.7. The maximum absolute atomic E-state index is 11.9. The highest BCUT2D eigenvalue weighted by atomic mass is 16.6. The van der Waals surface area contributed by atoms with Crippen molar-refractivity contribution in [2.24, 2.45) is 0 Å². The van der Waals surface area contributed by atoms with Gasteiger partial charge < -0.3 is 24.3 Å². The first-order valence-corrected chi connectivity index (χ1v) is 10.5. The van der Waals surface area contributed by atoms with Crippen LogP contribution >= 0.6 is 0 Å². The Morgan fingerprint density at radius 1 is 1.00 bits per heavy atom. The van der Waals surface area contributed by atoms with Crippen molar-refractivity contribution in [3.05, 3.63) is 41.5 Å². The third kappa shape index (κ3) is 5.29. The number of carbonyl (C=O) groups is 2. The molecule has 3 rings (SSSR count). The van der Waals surface area contributed by atoms with Crippen molar-refractivity contribution in [3.8, 4) is 28.4 Å². The van der Waals surface area contributed by atoms with E-state index < -0.39 is 0 Å². The second-order valence-electron chi connectivity index (χ2n) is 7.26. The van der Waals surface area contributed by atoms with E-state index in [2.05, 4.69) is 12.2 Å². The number of amides is 1. The van der Waals surface area contributed by atoms with Crippen LogP contribution in [0.25, 0.3) is 11.1 Å². The molecule has 0 fully saturated rings. The molecule has 2 aromatic rings. The molecule has 0 unspecified atom stereocenters. The van der Waals surface area contributed by atoms with Gasteiger partial charge in [-0.1, -0.05) is 25.8 Å².